The van der Waals surface area contributed by atoms with Crippen LogP contribution in [0.25, 0.3) is 6.08 Å². The van der Waals surface area contributed by atoms with Crippen molar-refractivity contribution in [2.75, 3.05) is 5.43 Å². The van der Waals surface area contributed by atoms with E-state index >= 15 is 0 Å². The fraction of sp³-hybridized carbons (Fsp3) is 0. The van der Waals surface area contributed by atoms with Gasteiger partial charge < -0.3 is 10.8 Å². The van der Waals surface area contributed by atoms with E-state index in [2.05, 4.69) is 12.0 Å². The highest BCUT2D eigenvalue weighted by molar-refractivity contribution is 5.86. The summed E-state index contributed by atoms with van der Waals surface area (Å²) >= 11 is 0. The summed E-state index contributed by atoms with van der Waals surface area (Å²) in [6, 6.07) is 5.54. The van der Waals surface area contributed by atoms with E-state index in [0.29, 0.717) is 0 Å². The molecule has 0 saturated heterocycles. The highest BCUT2D eigenvalue weighted by atomic mass is 15.2. The van der Waals surface area contributed by atoms with Crippen molar-refractivity contribution in [3.8, 4) is 0 Å². The van der Waals surface area contributed by atoms with Gasteiger partial charge in [-0.15, -0.1) is 0 Å². The molecule has 0 spiro atoms. The van der Waals surface area contributed by atoms with Crippen LogP contribution >= 0.6 is 0 Å². The zero-order valence-electron chi connectivity index (χ0n) is 6.67. The first kappa shape index (κ1) is 8.49. The Balaban J connectivity index is 3.18. The lowest BCUT2D eigenvalue weighted by atomic mass is 10.1. The summed E-state index contributed by atoms with van der Waals surface area (Å²) in [7, 11) is 0. The fourth-order valence-electron chi connectivity index (χ4n) is 0.959. The van der Waals surface area contributed by atoms with Crippen molar-refractivity contribution < 1.29 is 0 Å². The first-order valence-electron chi connectivity index (χ1n) is 3.55. The van der Waals surface area contributed by atoms with Crippen LogP contribution in [0.2, 0.25) is 0 Å². The van der Waals surface area contributed by atoms with Gasteiger partial charge in [0.15, 0.2) is 0 Å². The average molecular weight is 161 g/mol. The molecule has 0 aliphatic rings. The van der Waals surface area contributed by atoms with Crippen LogP contribution in [-0.4, -0.2) is 6.21 Å². The Morgan fingerprint density at radius 1 is 1.50 bits per heavy atom. The molecule has 0 radical (unpaired) electrons. The van der Waals surface area contributed by atoms with E-state index in [9.17, 15) is 0 Å². The third-order valence-electron chi connectivity index (χ3n) is 1.62. The van der Waals surface area contributed by atoms with Gasteiger partial charge in [0.05, 0.1) is 5.69 Å². The molecule has 1 rings (SSSR count). The minimum atomic E-state index is 0.746. The van der Waals surface area contributed by atoms with Gasteiger partial charge in [-0.25, -0.2) is 0 Å². The lowest BCUT2D eigenvalue weighted by Gasteiger charge is -2.04. The number of benzene rings is 1. The maximum Gasteiger partial charge on any atom is 0.0573 e. The van der Waals surface area contributed by atoms with Crippen LogP contribution in [0.15, 0.2) is 24.8 Å². The van der Waals surface area contributed by atoms with Crippen molar-refractivity contribution in [2.24, 2.45) is 5.84 Å². The molecule has 0 amide bonds. The monoisotopic (exact) mass is 161 g/mol. The number of hydrazine groups is 1. The number of hydrogen-bond acceptors (Lipinski definition) is 3. The third kappa shape index (κ3) is 1.52. The Morgan fingerprint density at radius 2 is 2.25 bits per heavy atom. The first-order chi connectivity index (χ1) is 5.81. The van der Waals surface area contributed by atoms with Crippen molar-refractivity contribution >= 4 is 18.0 Å². The Hall–Kier alpha value is -1.61. The number of nitrogens with two attached hydrogens (primary N) is 1. The van der Waals surface area contributed by atoms with Gasteiger partial charge in [-0.3, -0.25) is 5.84 Å². The minimum absolute atomic E-state index is 0.746. The summed E-state index contributed by atoms with van der Waals surface area (Å²) in [5.74, 6) is 5.24. The molecule has 1 aromatic rings. The topological polar surface area (TPSA) is 61.9 Å². The van der Waals surface area contributed by atoms with Crippen LogP contribution in [-0.2, 0) is 0 Å². The molecular weight excluding hydrogens is 150 g/mol. The van der Waals surface area contributed by atoms with Gasteiger partial charge in [-0.05, 0) is 17.7 Å². The van der Waals surface area contributed by atoms with Crippen LogP contribution in [0.5, 0.6) is 0 Å². The average Bonchev–Trinajstić information content (AvgIpc) is 2.16. The van der Waals surface area contributed by atoms with Crippen molar-refractivity contribution in [1.29, 1.82) is 5.41 Å². The Labute approximate surface area is 71.4 Å². The molecule has 0 bridgehead atoms. The molecule has 62 valence electrons. The SMILES string of the molecule is C=Cc1ccc(NN)c(C=N)c1. The lowest BCUT2D eigenvalue weighted by Crippen LogP contribution is -2.08. The molecule has 0 fully saturated rings. The van der Waals surface area contributed by atoms with Gasteiger partial charge in [0, 0.05) is 11.8 Å². The molecule has 0 atom stereocenters. The van der Waals surface area contributed by atoms with E-state index in [-0.39, 0.29) is 0 Å². The van der Waals surface area contributed by atoms with Gasteiger partial charge in [0.1, 0.15) is 0 Å². The molecule has 1 aromatic carbocycles. The highest BCUT2D eigenvalue weighted by Gasteiger charge is 1.97. The summed E-state index contributed by atoms with van der Waals surface area (Å²) < 4.78 is 0. The van der Waals surface area contributed by atoms with Crippen molar-refractivity contribution in [1.82, 2.24) is 0 Å². The molecule has 12 heavy (non-hydrogen) atoms. The summed E-state index contributed by atoms with van der Waals surface area (Å²) in [6.07, 6.45) is 2.98. The van der Waals surface area contributed by atoms with Crippen molar-refractivity contribution in [2.45, 2.75) is 0 Å². The maximum absolute atomic E-state index is 7.10. The van der Waals surface area contributed by atoms with Crippen molar-refractivity contribution in [3.63, 3.8) is 0 Å². The number of rotatable bonds is 3. The summed E-state index contributed by atoms with van der Waals surface area (Å²) in [5, 5.41) is 7.10. The zero-order valence-corrected chi connectivity index (χ0v) is 6.67. The lowest BCUT2D eigenvalue weighted by molar-refractivity contribution is 1.34. The molecule has 4 N–H and O–H groups in total. The largest absolute Gasteiger partial charge is 0.323 e. The van der Waals surface area contributed by atoms with E-state index in [4.69, 9.17) is 11.3 Å². The smallest absolute Gasteiger partial charge is 0.0573 e. The van der Waals surface area contributed by atoms with Gasteiger partial charge in [0.2, 0.25) is 0 Å². The Morgan fingerprint density at radius 3 is 2.75 bits per heavy atom. The minimum Gasteiger partial charge on any atom is -0.323 e. The van der Waals surface area contributed by atoms with Crippen LogP contribution in [0, 0.1) is 5.41 Å². The van der Waals surface area contributed by atoms with E-state index in [1.807, 2.05) is 18.2 Å². The van der Waals surface area contributed by atoms with Crippen LogP contribution < -0.4 is 11.3 Å². The quantitative estimate of drug-likeness (QED) is 0.358. The highest BCUT2D eigenvalue weighted by Crippen LogP contribution is 2.14. The van der Waals surface area contributed by atoms with Gasteiger partial charge in [-0.1, -0.05) is 18.7 Å². The number of hydrogen-bond donors (Lipinski definition) is 3. The van der Waals surface area contributed by atoms with Gasteiger partial charge >= 0.3 is 0 Å². The number of anilines is 1. The first-order valence-corrected chi connectivity index (χ1v) is 3.55. The van der Waals surface area contributed by atoms with Crippen molar-refractivity contribution in [3.05, 3.63) is 35.9 Å². The second-order valence-corrected chi connectivity index (χ2v) is 2.34. The zero-order chi connectivity index (χ0) is 8.97. The third-order valence-corrected chi connectivity index (χ3v) is 1.62. The molecule has 0 heterocycles. The molecule has 3 nitrogen and oxygen atoms in total. The predicted molar refractivity (Wildman–Crippen MR) is 52.2 cm³/mol. The molecule has 0 unspecified atom stereocenters. The molecule has 0 aliphatic heterocycles. The summed E-state index contributed by atoms with van der Waals surface area (Å²) in [6.45, 7) is 3.64. The molecule has 0 aliphatic carbocycles. The normalized spacial score (nSPS) is 9.08. The second kappa shape index (κ2) is 3.69. The van der Waals surface area contributed by atoms with E-state index in [1.54, 1.807) is 6.08 Å². The van der Waals surface area contributed by atoms with Crippen LogP contribution in [0.1, 0.15) is 11.1 Å². The van der Waals surface area contributed by atoms with E-state index < -0.39 is 0 Å². The fourth-order valence-corrected chi connectivity index (χ4v) is 0.959. The van der Waals surface area contributed by atoms with Gasteiger partial charge in [0.25, 0.3) is 0 Å². The second-order valence-electron chi connectivity index (χ2n) is 2.34. The van der Waals surface area contributed by atoms with Gasteiger partial charge in [-0.2, -0.15) is 0 Å². The standard InChI is InChI=1S/C9H11N3/c1-2-7-3-4-9(12-11)8(5-7)6-10/h2-6,10,12H,1,11H2. The molecule has 0 aromatic heterocycles. The molecular formula is C9H11N3. The summed E-state index contributed by atoms with van der Waals surface area (Å²) in [4.78, 5) is 0. The Bertz CT molecular complexity index is 305. The summed E-state index contributed by atoms with van der Waals surface area (Å²) in [5.41, 5.74) is 5.00. The van der Waals surface area contributed by atoms with Crippen LogP contribution in [0.4, 0.5) is 5.69 Å². The number of nitrogen functional groups attached to an aromatic ring is 1. The molecule has 0 saturated carbocycles. The van der Waals surface area contributed by atoms with Crippen LogP contribution in [0.3, 0.4) is 0 Å². The van der Waals surface area contributed by atoms with E-state index in [0.717, 1.165) is 16.8 Å². The Kier molecular flexibility index (Phi) is 2.61. The molecule has 3 heteroatoms. The number of nitrogens with one attached hydrogen (secondary N) is 2. The predicted octanol–water partition coefficient (Wildman–Crippen LogP) is 1.61. The van der Waals surface area contributed by atoms with E-state index in [1.165, 1.54) is 6.21 Å². The maximum atomic E-state index is 7.10.